The number of ether oxygens (including phenoxy) is 2. The number of methoxy groups -OCH3 is 2. The summed E-state index contributed by atoms with van der Waals surface area (Å²) in [5, 5.41) is 9.97. The van der Waals surface area contributed by atoms with Crippen LogP contribution in [0.1, 0.15) is 31.4 Å². The second-order valence-corrected chi connectivity index (χ2v) is 3.96. The van der Waals surface area contributed by atoms with Crippen molar-refractivity contribution in [3.8, 4) is 11.5 Å². The maximum absolute atomic E-state index is 9.97. The van der Waals surface area contributed by atoms with E-state index in [9.17, 15) is 5.11 Å². The lowest BCUT2D eigenvalue weighted by Gasteiger charge is -2.22. The first kappa shape index (κ1) is 17.0. The number of hydrogen-bond donors (Lipinski definition) is 2. The van der Waals surface area contributed by atoms with Gasteiger partial charge in [-0.3, -0.25) is 0 Å². The van der Waals surface area contributed by atoms with Crippen LogP contribution < -0.4 is 15.2 Å². The molecule has 0 saturated carbocycles. The van der Waals surface area contributed by atoms with Crippen LogP contribution in [-0.4, -0.2) is 25.4 Å². The number of aliphatic hydroxyl groups is 1. The first-order valence-corrected chi connectivity index (χ1v) is 5.80. The van der Waals surface area contributed by atoms with E-state index >= 15 is 0 Å². The Morgan fingerprint density at radius 2 is 1.72 bits per heavy atom. The maximum atomic E-state index is 9.97. The lowest BCUT2D eigenvalue weighted by Crippen LogP contribution is -2.27. The smallest absolute Gasteiger partial charge is 0.127 e. The molecule has 18 heavy (non-hydrogen) atoms. The van der Waals surface area contributed by atoms with Crippen molar-refractivity contribution in [3.63, 3.8) is 0 Å². The predicted octanol–water partition coefficient (Wildman–Crippen LogP) is 2.29. The summed E-state index contributed by atoms with van der Waals surface area (Å²) in [5.74, 6) is 1.29. The van der Waals surface area contributed by atoms with Gasteiger partial charge in [-0.05, 0) is 18.6 Å². The Kier molecular flexibility index (Phi) is 7.75. The Balaban J connectivity index is 0.00000289. The molecule has 0 bridgehead atoms. The maximum Gasteiger partial charge on any atom is 0.127 e. The summed E-state index contributed by atoms with van der Waals surface area (Å²) >= 11 is 0. The van der Waals surface area contributed by atoms with Gasteiger partial charge in [0.05, 0.1) is 31.9 Å². The van der Waals surface area contributed by atoms with Gasteiger partial charge in [0.15, 0.2) is 0 Å². The highest BCUT2D eigenvalue weighted by atomic mass is 35.5. The van der Waals surface area contributed by atoms with Gasteiger partial charge in [0.25, 0.3) is 0 Å². The van der Waals surface area contributed by atoms with Gasteiger partial charge in [-0.2, -0.15) is 0 Å². The molecule has 3 N–H and O–H groups in total. The molecule has 1 aromatic carbocycles. The minimum atomic E-state index is -0.592. The summed E-state index contributed by atoms with van der Waals surface area (Å²) in [4.78, 5) is 0. The SMILES string of the molecule is CCC[C@@H](O)[C@@H](N)c1c(OC)cccc1OC.Cl. The zero-order chi connectivity index (χ0) is 12.8. The van der Waals surface area contributed by atoms with Gasteiger partial charge >= 0.3 is 0 Å². The zero-order valence-corrected chi connectivity index (χ0v) is 11.9. The third-order valence-corrected chi connectivity index (χ3v) is 2.80. The van der Waals surface area contributed by atoms with Gasteiger partial charge in [0, 0.05) is 0 Å². The molecule has 0 aliphatic carbocycles. The van der Waals surface area contributed by atoms with Crippen LogP contribution in [0, 0.1) is 0 Å². The van der Waals surface area contributed by atoms with Gasteiger partial charge in [0.1, 0.15) is 11.5 Å². The first-order valence-electron chi connectivity index (χ1n) is 5.80. The average Bonchev–Trinajstić information content (AvgIpc) is 2.37. The van der Waals surface area contributed by atoms with E-state index in [4.69, 9.17) is 15.2 Å². The molecule has 0 amide bonds. The third-order valence-electron chi connectivity index (χ3n) is 2.80. The molecule has 1 aromatic rings. The van der Waals surface area contributed by atoms with Crippen molar-refractivity contribution < 1.29 is 14.6 Å². The second-order valence-electron chi connectivity index (χ2n) is 3.96. The van der Waals surface area contributed by atoms with E-state index in [1.54, 1.807) is 14.2 Å². The Morgan fingerprint density at radius 1 is 1.22 bits per heavy atom. The summed E-state index contributed by atoms with van der Waals surface area (Å²) in [6.07, 6.45) is 0.944. The molecule has 104 valence electrons. The number of nitrogens with two attached hydrogens (primary N) is 1. The number of halogens is 1. The Morgan fingerprint density at radius 3 is 2.11 bits per heavy atom. The highest BCUT2D eigenvalue weighted by molar-refractivity contribution is 5.85. The molecule has 0 aliphatic heterocycles. The fourth-order valence-corrected chi connectivity index (χ4v) is 1.88. The van der Waals surface area contributed by atoms with Crippen LogP contribution in [0.15, 0.2) is 18.2 Å². The molecule has 0 spiro atoms. The molecule has 0 radical (unpaired) electrons. The number of benzene rings is 1. The summed E-state index contributed by atoms with van der Waals surface area (Å²) in [5.41, 5.74) is 6.79. The molecule has 4 nitrogen and oxygen atoms in total. The molecular weight excluding hydrogens is 254 g/mol. The van der Waals surface area contributed by atoms with E-state index in [1.165, 1.54) is 0 Å². The van der Waals surface area contributed by atoms with Gasteiger partial charge in [-0.1, -0.05) is 19.4 Å². The van der Waals surface area contributed by atoms with Crippen molar-refractivity contribution in [3.05, 3.63) is 23.8 Å². The second kappa shape index (κ2) is 8.19. The molecule has 5 heteroatoms. The van der Waals surface area contributed by atoms with Crippen molar-refractivity contribution in [1.82, 2.24) is 0 Å². The molecule has 0 aliphatic rings. The standard InChI is InChI=1S/C13H21NO3.ClH/c1-4-6-9(15)13(14)12-10(16-2)7-5-8-11(12)17-3;/h5,7-9,13,15H,4,6,14H2,1-3H3;1H/t9-,13-;/m1./s1. The summed E-state index contributed by atoms with van der Waals surface area (Å²) in [6.45, 7) is 2.01. The zero-order valence-electron chi connectivity index (χ0n) is 11.1. The van der Waals surface area contributed by atoms with Crippen LogP contribution in [-0.2, 0) is 0 Å². The number of aliphatic hydroxyl groups excluding tert-OH is 1. The fraction of sp³-hybridized carbons (Fsp3) is 0.538. The topological polar surface area (TPSA) is 64.7 Å². The molecule has 0 aromatic heterocycles. The highest BCUT2D eigenvalue weighted by Gasteiger charge is 2.23. The van der Waals surface area contributed by atoms with E-state index in [0.717, 1.165) is 12.0 Å². The Bertz CT molecular complexity index is 338. The van der Waals surface area contributed by atoms with Crippen LogP contribution in [0.4, 0.5) is 0 Å². The van der Waals surface area contributed by atoms with Gasteiger partial charge < -0.3 is 20.3 Å². The van der Waals surface area contributed by atoms with E-state index in [1.807, 2.05) is 25.1 Å². The summed E-state index contributed by atoms with van der Waals surface area (Å²) < 4.78 is 10.5. The van der Waals surface area contributed by atoms with Crippen molar-refractivity contribution in [1.29, 1.82) is 0 Å². The van der Waals surface area contributed by atoms with Crippen molar-refractivity contribution in [2.75, 3.05) is 14.2 Å². The molecule has 0 unspecified atom stereocenters. The van der Waals surface area contributed by atoms with Crippen LogP contribution >= 0.6 is 12.4 Å². The number of rotatable bonds is 6. The quantitative estimate of drug-likeness (QED) is 0.836. The monoisotopic (exact) mass is 275 g/mol. The van der Waals surface area contributed by atoms with Gasteiger partial charge in [0.2, 0.25) is 0 Å². The minimum Gasteiger partial charge on any atom is -0.496 e. The summed E-state index contributed by atoms with van der Waals surface area (Å²) in [6, 6.07) is 4.97. The largest absolute Gasteiger partial charge is 0.496 e. The van der Waals surface area contributed by atoms with Crippen molar-refractivity contribution in [2.45, 2.75) is 31.9 Å². The van der Waals surface area contributed by atoms with Gasteiger partial charge in [-0.15, -0.1) is 12.4 Å². The van der Waals surface area contributed by atoms with Crippen LogP contribution in [0.3, 0.4) is 0 Å². The van der Waals surface area contributed by atoms with Gasteiger partial charge in [-0.25, -0.2) is 0 Å². The molecule has 0 heterocycles. The Hall–Kier alpha value is -0.970. The molecular formula is C13H22ClNO3. The van der Waals surface area contributed by atoms with E-state index in [0.29, 0.717) is 17.9 Å². The molecule has 2 atom stereocenters. The van der Waals surface area contributed by atoms with Crippen LogP contribution in [0.5, 0.6) is 11.5 Å². The minimum absolute atomic E-state index is 0. The van der Waals surface area contributed by atoms with Crippen molar-refractivity contribution >= 4 is 12.4 Å². The van der Waals surface area contributed by atoms with E-state index < -0.39 is 12.1 Å². The third kappa shape index (κ3) is 3.77. The van der Waals surface area contributed by atoms with Crippen LogP contribution in [0.25, 0.3) is 0 Å². The first-order chi connectivity index (χ1) is 8.15. The average molecular weight is 276 g/mol. The number of hydrogen-bond acceptors (Lipinski definition) is 4. The van der Waals surface area contributed by atoms with E-state index in [2.05, 4.69) is 0 Å². The normalized spacial score (nSPS) is 13.4. The lowest BCUT2D eigenvalue weighted by atomic mass is 9.97. The van der Waals surface area contributed by atoms with Crippen LogP contribution in [0.2, 0.25) is 0 Å². The predicted molar refractivity (Wildman–Crippen MR) is 74.6 cm³/mol. The highest BCUT2D eigenvalue weighted by Crippen LogP contribution is 2.34. The molecule has 0 fully saturated rings. The Labute approximate surface area is 115 Å². The van der Waals surface area contributed by atoms with E-state index in [-0.39, 0.29) is 12.4 Å². The summed E-state index contributed by atoms with van der Waals surface area (Å²) in [7, 11) is 3.16. The van der Waals surface area contributed by atoms with Crippen molar-refractivity contribution in [2.24, 2.45) is 5.73 Å². The fourth-order valence-electron chi connectivity index (χ4n) is 1.88. The molecule has 1 rings (SSSR count). The molecule has 0 saturated heterocycles. The lowest BCUT2D eigenvalue weighted by molar-refractivity contribution is 0.131.